The average Bonchev–Trinajstić information content (AvgIpc) is 2.63. The molecule has 2 N–H and O–H groups in total. The van der Waals surface area contributed by atoms with Crippen LogP contribution in [0.25, 0.3) is 0 Å². The molecule has 2 aromatic rings. The molecule has 2 aromatic carbocycles. The second-order valence-electron chi connectivity index (χ2n) is 6.47. The first-order valence-electron chi connectivity index (χ1n) is 8.86. The van der Waals surface area contributed by atoms with E-state index in [0.717, 1.165) is 6.42 Å². The number of anilines is 2. The number of nitrogens with one attached hydrogen (secondary N) is 2. The summed E-state index contributed by atoms with van der Waals surface area (Å²) in [6.07, 6.45) is 0.340. The minimum absolute atomic E-state index is 0.0436. The molecule has 1 atom stereocenters. The third-order valence-corrected chi connectivity index (χ3v) is 3.96. The van der Waals surface area contributed by atoms with Crippen LogP contribution in [0.1, 0.15) is 33.3 Å². The Labute approximate surface area is 154 Å². The summed E-state index contributed by atoms with van der Waals surface area (Å²) in [5, 5.41) is 5.62. The molecule has 0 spiro atoms. The van der Waals surface area contributed by atoms with Gasteiger partial charge in [0, 0.05) is 17.3 Å². The highest BCUT2D eigenvalue weighted by Gasteiger charge is 2.15. The molecule has 0 fully saturated rings. The van der Waals surface area contributed by atoms with Gasteiger partial charge in [0.25, 0.3) is 5.91 Å². The fraction of sp³-hybridized carbons (Fsp3) is 0.333. The predicted octanol–water partition coefficient (Wildman–Crippen LogP) is 4.25. The second-order valence-corrected chi connectivity index (χ2v) is 6.47. The van der Waals surface area contributed by atoms with Crippen LogP contribution in [0.2, 0.25) is 0 Å². The van der Waals surface area contributed by atoms with E-state index in [-0.39, 0.29) is 17.7 Å². The molecule has 5 nitrogen and oxygen atoms in total. The molecule has 138 valence electrons. The predicted molar refractivity (Wildman–Crippen MR) is 104 cm³/mol. The SMILES string of the molecule is CCc1ccc(OC(C)C(=O)Nc2ccc(NC(=O)C(C)C)cc2)cc1. The van der Waals surface area contributed by atoms with Crippen molar-refractivity contribution in [2.24, 2.45) is 5.92 Å². The van der Waals surface area contributed by atoms with Gasteiger partial charge >= 0.3 is 0 Å². The number of amides is 2. The zero-order chi connectivity index (χ0) is 19.1. The van der Waals surface area contributed by atoms with E-state index in [1.54, 1.807) is 31.2 Å². The lowest BCUT2D eigenvalue weighted by Gasteiger charge is -2.15. The van der Waals surface area contributed by atoms with Crippen molar-refractivity contribution in [1.29, 1.82) is 0 Å². The van der Waals surface area contributed by atoms with Crippen LogP contribution < -0.4 is 15.4 Å². The minimum atomic E-state index is -0.622. The molecule has 0 aliphatic rings. The number of rotatable bonds is 7. The number of carbonyl (C=O) groups is 2. The molecule has 0 bridgehead atoms. The van der Waals surface area contributed by atoms with Crippen LogP contribution in [0.15, 0.2) is 48.5 Å². The van der Waals surface area contributed by atoms with Crippen LogP contribution in [0.5, 0.6) is 5.75 Å². The summed E-state index contributed by atoms with van der Waals surface area (Å²) in [4.78, 5) is 24.0. The summed E-state index contributed by atoms with van der Waals surface area (Å²) in [6.45, 7) is 7.47. The summed E-state index contributed by atoms with van der Waals surface area (Å²) < 4.78 is 5.68. The van der Waals surface area contributed by atoms with Crippen LogP contribution in [0, 0.1) is 5.92 Å². The van der Waals surface area contributed by atoms with Gasteiger partial charge in [-0.25, -0.2) is 0 Å². The Morgan fingerprint density at radius 2 is 1.35 bits per heavy atom. The molecule has 26 heavy (non-hydrogen) atoms. The van der Waals surface area contributed by atoms with E-state index in [4.69, 9.17) is 4.74 Å². The van der Waals surface area contributed by atoms with E-state index in [2.05, 4.69) is 17.6 Å². The number of benzene rings is 2. The number of hydrogen-bond donors (Lipinski definition) is 2. The Morgan fingerprint density at radius 3 is 1.81 bits per heavy atom. The average molecular weight is 354 g/mol. The summed E-state index contributed by atoms with van der Waals surface area (Å²) in [7, 11) is 0. The Kier molecular flexibility index (Phi) is 6.78. The molecule has 0 radical (unpaired) electrons. The maximum Gasteiger partial charge on any atom is 0.265 e. The van der Waals surface area contributed by atoms with Gasteiger partial charge in [-0.3, -0.25) is 9.59 Å². The van der Waals surface area contributed by atoms with E-state index in [1.165, 1.54) is 5.56 Å². The summed E-state index contributed by atoms with van der Waals surface area (Å²) in [6, 6.07) is 14.7. The van der Waals surface area contributed by atoms with Crippen molar-refractivity contribution in [3.63, 3.8) is 0 Å². The van der Waals surface area contributed by atoms with E-state index in [9.17, 15) is 9.59 Å². The van der Waals surface area contributed by atoms with E-state index >= 15 is 0 Å². The zero-order valence-corrected chi connectivity index (χ0v) is 15.7. The molecule has 2 amide bonds. The third-order valence-electron chi connectivity index (χ3n) is 3.96. The molecule has 0 aliphatic heterocycles. The lowest BCUT2D eigenvalue weighted by atomic mass is 10.2. The Hall–Kier alpha value is -2.82. The van der Waals surface area contributed by atoms with Crippen molar-refractivity contribution in [3.05, 3.63) is 54.1 Å². The van der Waals surface area contributed by atoms with Crippen LogP contribution >= 0.6 is 0 Å². The first-order chi connectivity index (χ1) is 12.4. The Bertz CT molecular complexity index is 737. The van der Waals surface area contributed by atoms with Crippen molar-refractivity contribution in [2.75, 3.05) is 10.6 Å². The summed E-state index contributed by atoms with van der Waals surface area (Å²) in [5.41, 5.74) is 2.57. The first-order valence-corrected chi connectivity index (χ1v) is 8.86. The second kappa shape index (κ2) is 9.04. The van der Waals surface area contributed by atoms with Crippen molar-refractivity contribution in [1.82, 2.24) is 0 Å². The number of carbonyl (C=O) groups excluding carboxylic acids is 2. The van der Waals surface area contributed by atoms with Gasteiger partial charge in [-0.15, -0.1) is 0 Å². The highest BCUT2D eigenvalue weighted by atomic mass is 16.5. The normalized spacial score (nSPS) is 11.7. The van der Waals surface area contributed by atoms with Crippen molar-refractivity contribution < 1.29 is 14.3 Å². The lowest BCUT2D eigenvalue weighted by Crippen LogP contribution is -2.30. The molecule has 0 aromatic heterocycles. The lowest BCUT2D eigenvalue weighted by molar-refractivity contribution is -0.122. The largest absolute Gasteiger partial charge is 0.481 e. The van der Waals surface area contributed by atoms with Gasteiger partial charge in [0.2, 0.25) is 5.91 Å². The van der Waals surface area contributed by atoms with E-state index in [1.807, 2.05) is 38.1 Å². The molecule has 2 rings (SSSR count). The molecule has 0 heterocycles. The third kappa shape index (κ3) is 5.62. The van der Waals surface area contributed by atoms with Crippen LogP contribution in [-0.4, -0.2) is 17.9 Å². The number of ether oxygens (including phenoxy) is 1. The molecule has 0 saturated carbocycles. The van der Waals surface area contributed by atoms with Gasteiger partial charge in [-0.2, -0.15) is 0 Å². The van der Waals surface area contributed by atoms with Gasteiger partial charge in [0.15, 0.2) is 6.10 Å². The molecular weight excluding hydrogens is 328 g/mol. The molecule has 0 aliphatic carbocycles. The smallest absolute Gasteiger partial charge is 0.265 e. The highest BCUT2D eigenvalue weighted by Crippen LogP contribution is 2.17. The Morgan fingerprint density at radius 1 is 0.846 bits per heavy atom. The molecular formula is C21H26N2O3. The van der Waals surface area contributed by atoms with Crippen molar-refractivity contribution in [3.8, 4) is 5.75 Å². The maximum absolute atomic E-state index is 12.3. The topological polar surface area (TPSA) is 67.4 Å². The fourth-order valence-electron chi connectivity index (χ4n) is 2.23. The minimum Gasteiger partial charge on any atom is -0.481 e. The van der Waals surface area contributed by atoms with E-state index in [0.29, 0.717) is 17.1 Å². The molecule has 5 heteroatoms. The zero-order valence-electron chi connectivity index (χ0n) is 15.7. The number of aryl methyl sites for hydroxylation is 1. The maximum atomic E-state index is 12.3. The van der Waals surface area contributed by atoms with Crippen molar-refractivity contribution >= 4 is 23.2 Å². The van der Waals surface area contributed by atoms with Crippen molar-refractivity contribution in [2.45, 2.75) is 40.2 Å². The fourth-order valence-corrected chi connectivity index (χ4v) is 2.23. The van der Waals surface area contributed by atoms with Crippen LogP contribution in [-0.2, 0) is 16.0 Å². The quantitative estimate of drug-likeness (QED) is 0.781. The highest BCUT2D eigenvalue weighted by molar-refractivity contribution is 5.95. The van der Waals surface area contributed by atoms with Crippen LogP contribution in [0.4, 0.5) is 11.4 Å². The van der Waals surface area contributed by atoms with Crippen LogP contribution in [0.3, 0.4) is 0 Å². The number of hydrogen-bond acceptors (Lipinski definition) is 3. The van der Waals surface area contributed by atoms with Gasteiger partial charge in [-0.1, -0.05) is 32.9 Å². The van der Waals surface area contributed by atoms with Gasteiger partial charge in [0.05, 0.1) is 0 Å². The Balaban J connectivity index is 1.90. The summed E-state index contributed by atoms with van der Waals surface area (Å²) in [5.74, 6) is 0.303. The van der Waals surface area contributed by atoms with Gasteiger partial charge in [0.1, 0.15) is 5.75 Å². The molecule has 1 unspecified atom stereocenters. The monoisotopic (exact) mass is 354 g/mol. The first kappa shape index (κ1) is 19.5. The van der Waals surface area contributed by atoms with E-state index < -0.39 is 6.10 Å². The standard InChI is InChI=1S/C21H26N2O3/c1-5-16-6-12-19(13-7-16)26-15(4)21(25)23-18-10-8-17(9-11-18)22-20(24)14(2)3/h6-15H,5H2,1-4H3,(H,22,24)(H,23,25). The van der Waals surface area contributed by atoms with Gasteiger partial charge in [-0.05, 0) is 55.3 Å². The summed E-state index contributed by atoms with van der Waals surface area (Å²) >= 11 is 0. The molecule has 0 saturated heterocycles. The van der Waals surface area contributed by atoms with Gasteiger partial charge < -0.3 is 15.4 Å².